The van der Waals surface area contributed by atoms with Crippen molar-refractivity contribution in [3.63, 3.8) is 0 Å². The van der Waals surface area contributed by atoms with Crippen LogP contribution in [0.4, 0.5) is 5.69 Å². The smallest absolute Gasteiger partial charge is 0.282 e. The zero-order valence-electron chi connectivity index (χ0n) is 15.9. The van der Waals surface area contributed by atoms with E-state index in [1.54, 1.807) is 0 Å². The number of carbonyl (C=O) groups is 1. The molecule has 0 unspecified atom stereocenters. The predicted molar refractivity (Wildman–Crippen MR) is 101 cm³/mol. The Labute approximate surface area is 152 Å². The van der Waals surface area contributed by atoms with Gasteiger partial charge in [-0.25, -0.2) is 0 Å². The zero-order chi connectivity index (χ0) is 17.6. The fourth-order valence-corrected chi connectivity index (χ4v) is 6.44. The van der Waals surface area contributed by atoms with E-state index >= 15 is 0 Å². The Morgan fingerprint density at radius 1 is 1.12 bits per heavy atom. The van der Waals surface area contributed by atoms with Crippen molar-refractivity contribution in [1.82, 2.24) is 0 Å². The summed E-state index contributed by atoms with van der Waals surface area (Å²) >= 11 is 0. The highest BCUT2D eigenvalue weighted by Crippen LogP contribution is 2.60. The van der Waals surface area contributed by atoms with Gasteiger partial charge in [0.1, 0.15) is 0 Å². The summed E-state index contributed by atoms with van der Waals surface area (Å²) in [6, 6.07) is 8.56. The average Bonchev–Trinajstić information content (AvgIpc) is 2.53. The van der Waals surface area contributed by atoms with E-state index in [1.807, 2.05) is 18.2 Å². The maximum Gasteiger partial charge on any atom is 0.282 e. The molecule has 3 nitrogen and oxygen atoms in total. The van der Waals surface area contributed by atoms with E-state index in [4.69, 9.17) is 0 Å². The number of aryl methyl sites for hydroxylation is 1. The highest BCUT2D eigenvalue weighted by molar-refractivity contribution is 5.93. The highest BCUT2D eigenvalue weighted by atomic mass is 16.2. The van der Waals surface area contributed by atoms with E-state index in [1.165, 1.54) is 44.1 Å². The molecule has 3 N–H and O–H groups in total. The molecule has 1 aromatic rings. The number of benzene rings is 1. The van der Waals surface area contributed by atoms with Crippen LogP contribution >= 0.6 is 0 Å². The van der Waals surface area contributed by atoms with Crippen LogP contribution in [-0.4, -0.2) is 18.0 Å². The summed E-state index contributed by atoms with van der Waals surface area (Å²) in [5, 5.41) is 5.44. The van der Waals surface area contributed by atoms with E-state index in [9.17, 15) is 4.79 Å². The molecule has 2 atom stereocenters. The van der Waals surface area contributed by atoms with Crippen LogP contribution in [0.3, 0.4) is 0 Å². The van der Waals surface area contributed by atoms with E-state index < -0.39 is 0 Å². The van der Waals surface area contributed by atoms with Crippen LogP contribution in [0.25, 0.3) is 0 Å². The van der Waals surface area contributed by atoms with Crippen molar-refractivity contribution in [2.75, 3.05) is 5.32 Å². The Bertz CT molecular complexity index is 618. The SMILES string of the molecule is Cc1cccc(NC(=O)[C@@H](C)[NH2+][C@@H](C)C23CC4CC(CC(C4)C2)C3)c1. The Morgan fingerprint density at radius 2 is 1.72 bits per heavy atom. The lowest BCUT2D eigenvalue weighted by molar-refractivity contribution is -0.718. The summed E-state index contributed by atoms with van der Waals surface area (Å²) in [6.07, 6.45) is 8.66. The first-order valence-corrected chi connectivity index (χ1v) is 10.2. The average molecular weight is 342 g/mol. The first-order valence-electron chi connectivity index (χ1n) is 10.2. The molecule has 136 valence electrons. The van der Waals surface area contributed by atoms with Gasteiger partial charge in [0, 0.05) is 11.1 Å². The minimum atomic E-state index is -0.0384. The van der Waals surface area contributed by atoms with Gasteiger partial charge >= 0.3 is 0 Å². The van der Waals surface area contributed by atoms with Gasteiger partial charge in [-0.05, 0) is 94.7 Å². The third kappa shape index (κ3) is 3.36. The lowest BCUT2D eigenvalue weighted by atomic mass is 9.48. The van der Waals surface area contributed by atoms with Crippen molar-refractivity contribution < 1.29 is 10.1 Å². The van der Waals surface area contributed by atoms with Gasteiger partial charge in [-0.15, -0.1) is 0 Å². The van der Waals surface area contributed by atoms with Gasteiger partial charge in [0.25, 0.3) is 5.91 Å². The second-order valence-corrected chi connectivity index (χ2v) is 9.41. The van der Waals surface area contributed by atoms with Crippen LogP contribution in [0.15, 0.2) is 24.3 Å². The lowest BCUT2D eigenvalue weighted by Crippen LogP contribution is -2.98. The molecule has 1 amide bonds. The Balaban J connectivity index is 1.38. The summed E-state index contributed by atoms with van der Waals surface area (Å²) in [5.74, 6) is 3.04. The predicted octanol–water partition coefficient (Wildman–Crippen LogP) is 3.49. The summed E-state index contributed by atoms with van der Waals surface area (Å²) in [6.45, 7) is 6.49. The van der Waals surface area contributed by atoms with Gasteiger partial charge < -0.3 is 10.6 Å². The van der Waals surface area contributed by atoms with Crippen molar-refractivity contribution in [2.24, 2.45) is 23.2 Å². The molecule has 4 saturated carbocycles. The molecule has 4 bridgehead atoms. The molecule has 0 saturated heterocycles. The third-order valence-electron chi connectivity index (χ3n) is 7.33. The van der Waals surface area contributed by atoms with Crippen molar-refractivity contribution in [1.29, 1.82) is 0 Å². The molecule has 4 aliphatic carbocycles. The molecule has 0 radical (unpaired) electrons. The second-order valence-electron chi connectivity index (χ2n) is 9.41. The summed E-state index contributed by atoms with van der Waals surface area (Å²) in [5.41, 5.74) is 2.58. The molecule has 25 heavy (non-hydrogen) atoms. The van der Waals surface area contributed by atoms with Crippen LogP contribution in [0, 0.1) is 30.1 Å². The largest absolute Gasteiger partial charge is 0.334 e. The monoisotopic (exact) mass is 341 g/mol. The van der Waals surface area contributed by atoms with Crippen LogP contribution < -0.4 is 10.6 Å². The van der Waals surface area contributed by atoms with E-state index in [2.05, 4.69) is 37.5 Å². The zero-order valence-corrected chi connectivity index (χ0v) is 15.9. The summed E-state index contributed by atoms with van der Waals surface area (Å²) < 4.78 is 0. The molecule has 0 heterocycles. The molecule has 3 heteroatoms. The second kappa shape index (κ2) is 6.42. The minimum Gasteiger partial charge on any atom is -0.334 e. The number of amides is 1. The van der Waals surface area contributed by atoms with Crippen molar-refractivity contribution in [3.8, 4) is 0 Å². The molecular weight excluding hydrogens is 308 g/mol. The van der Waals surface area contributed by atoms with E-state index in [0.29, 0.717) is 11.5 Å². The fraction of sp³-hybridized carbons (Fsp3) is 0.682. The standard InChI is InChI=1S/C22H32N2O/c1-14-5-4-6-20(7-14)24-21(25)15(2)23-16(3)22-11-17-8-18(12-22)10-19(9-17)13-22/h4-7,15-19,23H,8-13H2,1-3H3,(H,24,25)/p+1/t15-,16+,17?,18?,19?,22?/m1/s1. The number of anilines is 1. The third-order valence-corrected chi connectivity index (χ3v) is 7.33. The van der Waals surface area contributed by atoms with Gasteiger partial charge in [0.05, 0.1) is 6.04 Å². The van der Waals surface area contributed by atoms with Crippen molar-refractivity contribution in [3.05, 3.63) is 29.8 Å². The number of nitrogens with one attached hydrogen (secondary N) is 1. The van der Waals surface area contributed by atoms with Crippen LogP contribution in [0.2, 0.25) is 0 Å². The van der Waals surface area contributed by atoms with Gasteiger partial charge in [0.15, 0.2) is 6.04 Å². The van der Waals surface area contributed by atoms with Crippen molar-refractivity contribution in [2.45, 2.75) is 71.4 Å². The topological polar surface area (TPSA) is 45.7 Å². The molecule has 4 fully saturated rings. The quantitative estimate of drug-likeness (QED) is 0.846. The Hall–Kier alpha value is -1.35. The number of carbonyl (C=O) groups excluding carboxylic acids is 1. The van der Waals surface area contributed by atoms with Gasteiger partial charge in [0.2, 0.25) is 0 Å². The molecule has 4 aliphatic rings. The number of hydrogen-bond acceptors (Lipinski definition) is 1. The fourth-order valence-electron chi connectivity index (χ4n) is 6.44. The Kier molecular flexibility index (Phi) is 4.39. The minimum absolute atomic E-state index is 0.0384. The number of nitrogens with two attached hydrogens (primary N) is 1. The number of rotatable bonds is 5. The maximum absolute atomic E-state index is 12.6. The molecule has 1 aromatic carbocycles. The highest BCUT2D eigenvalue weighted by Gasteiger charge is 2.54. The van der Waals surface area contributed by atoms with Crippen molar-refractivity contribution >= 4 is 11.6 Å². The van der Waals surface area contributed by atoms with Gasteiger partial charge in [-0.3, -0.25) is 4.79 Å². The first-order chi connectivity index (χ1) is 11.9. The normalized spacial score (nSPS) is 35.4. The number of hydrogen-bond donors (Lipinski definition) is 2. The van der Waals surface area contributed by atoms with Crippen LogP contribution in [0.5, 0.6) is 0 Å². The van der Waals surface area contributed by atoms with Crippen LogP contribution in [-0.2, 0) is 4.79 Å². The number of quaternary nitrogens is 1. The maximum atomic E-state index is 12.6. The lowest BCUT2D eigenvalue weighted by Gasteiger charge is -2.58. The molecule has 5 rings (SSSR count). The summed E-state index contributed by atoms with van der Waals surface area (Å²) in [4.78, 5) is 12.6. The Morgan fingerprint density at radius 3 is 2.28 bits per heavy atom. The molecular formula is C22H33N2O+. The van der Waals surface area contributed by atoms with Gasteiger partial charge in [-0.1, -0.05) is 12.1 Å². The van der Waals surface area contributed by atoms with E-state index in [-0.39, 0.29) is 11.9 Å². The summed E-state index contributed by atoms with van der Waals surface area (Å²) in [7, 11) is 0. The first kappa shape index (κ1) is 17.1. The molecule has 0 spiro atoms. The molecule has 0 aromatic heterocycles. The van der Waals surface area contributed by atoms with E-state index in [0.717, 1.165) is 23.4 Å². The van der Waals surface area contributed by atoms with Crippen LogP contribution in [0.1, 0.15) is 57.9 Å². The molecule has 0 aliphatic heterocycles. The van der Waals surface area contributed by atoms with Gasteiger partial charge in [-0.2, -0.15) is 0 Å².